The van der Waals surface area contributed by atoms with Crippen LogP contribution in [-0.2, 0) is 16.1 Å². The minimum Gasteiger partial charge on any atom is -0.480 e. The summed E-state index contributed by atoms with van der Waals surface area (Å²) in [5, 5.41) is 9.26. The molecule has 1 atom stereocenters. The Bertz CT molecular complexity index is 567. The lowest BCUT2D eigenvalue weighted by molar-refractivity contribution is -0.150. The number of pyridine rings is 1. The third-order valence-electron chi connectivity index (χ3n) is 3.82. The molecular weight excluding hydrogens is 272 g/mol. The Kier molecular flexibility index (Phi) is 5.14. The second-order valence-electron chi connectivity index (χ2n) is 5.27. The number of hydrogen-bond acceptors (Lipinski definition) is 3. The molecule has 1 fully saturated rings. The molecule has 1 N–H and O–H groups in total. The molecule has 1 unspecified atom stereocenters. The van der Waals surface area contributed by atoms with E-state index in [-0.39, 0.29) is 24.4 Å². The van der Waals surface area contributed by atoms with Gasteiger partial charge in [0, 0.05) is 31.8 Å². The van der Waals surface area contributed by atoms with Gasteiger partial charge in [0.25, 0.3) is 5.56 Å². The van der Waals surface area contributed by atoms with Gasteiger partial charge in [-0.2, -0.15) is 0 Å². The lowest BCUT2D eigenvalue weighted by Gasteiger charge is -2.27. The summed E-state index contributed by atoms with van der Waals surface area (Å²) < 4.78 is 1.46. The highest BCUT2D eigenvalue weighted by Gasteiger charge is 2.30. The molecule has 1 saturated heterocycles. The first-order valence-corrected chi connectivity index (χ1v) is 7.27. The number of carbonyl (C=O) groups is 2. The zero-order valence-corrected chi connectivity index (χ0v) is 11.9. The number of nitrogens with zero attached hydrogens (tertiary/aromatic N) is 2. The molecular formula is C15H20N2O4. The minimum absolute atomic E-state index is 0.147. The predicted molar refractivity (Wildman–Crippen MR) is 76.9 cm³/mol. The summed E-state index contributed by atoms with van der Waals surface area (Å²) in [4.78, 5) is 36.6. The SMILES string of the molecule is O=C(O)C1CCCCCN1C(=O)CCn1ccccc1=O. The average Bonchev–Trinajstić information content (AvgIpc) is 2.72. The third kappa shape index (κ3) is 3.93. The van der Waals surface area contributed by atoms with Gasteiger partial charge in [-0.3, -0.25) is 9.59 Å². The molecule has 21 heavy (non-hydrogen) atoms. The smallest absolute Gasteiger partial charge is 0.326 e. The normalized spacial score (nSPS) is 19.0. The highest BCUT2D eigenvalue weighted by Crippen LogP contribution is 2.18. The Hall–Kier alpha value is -2.11. The number of carboxylic acid groups (broad SMARTS) is 1. The fraction of sp³-hybridized carbons (Fsp3) is 0.533. The van der Waals surface area contributed by atoms with E-state index in [1.807, 2.05) is 0 Å². The van der Waals surface area contributed by atoms with Gasteiger partial charge in [0.1, 0.15) is 6.04 Å². The summed E-state index contributed by atoms with van der Waals surface area (Å²) in [6.45, 7) is 0.765. The van der Waals surface area contributed by atoms with Crippen molar-refractivity contribution in [2.45, 2.75) is 44.7 Å². The first kappa shape index (κ1) is 15.3. The highest BCUT2D eigenvalue weighted by atomic mass is 16.4. The van der Waals surface area contributed by atoms with Gasteiger partial charge >= 0.3 is 5.97 Å². The average molecular weight is 292 g/mol. The summed E-state index contributed by atoms with van der Waals surface area (Å²) >= 11 is 0. The summed E-state index contributed by atoms with van der Waals surface area (Å²) in [5.74, 6) is -1.14. The number of carbonyl (C=O) groups excluding carboxylic acids is 1. The van der Waals surface area contributed by atoms with Crippen LogP contribution in [0.1, 0.15) is 32.1 Å². The van der Waals surface area contributed by atoms with Gasteiger partial charge in [0.2, 0.25) is 5.91 Å². The van der Waals surface area contributed by atoms with Crippen molar-refractivity contribution < 1.29 is 14.7 Å². The molecule has 6 heteroatoms. The summed E-state index contributed by atoms with van der Waals surface area (Å²) in [7, 11) is 0. The van der Waals surface area contributed by atoms with Crippen LogP contribution in [0.2, 0.25) is 0 Å². The quantitative estimate of drug-likeness (QED) is 0.901. The molecule has 1 aliphatic rings. The number of aromatic nitrogens is 1. The van der Waals surface area contributed by atoms with Crippen molar-refractivity contribution in [3.8, 4) is 0 Å². The Morgan fingerprint density at radius 3 is 2.76 bits per heavy atom. The van der Waals surface area contributed by atoms with Gasteiger partial charge in [-0.05, 0) is 18.9 Å². The molecule has 2 rings (SSSR count). The number of aryl methyl sites for hydroxylation is 1. The van der Waals surface area contributed by atoms with Crippen LogP contribution >= 0.6 is 0 Å². The largest absolute Gasteiger partial charge is 0.480 e. The van der Waals surface area contributed by atoms with Crippen molar-refractivity contribution in [2.75, 3.05) is 6.54 Å². The number of aliphatic carboxylic acids is 1. The van der Waals surface area contributed by atoms with Crippen LogP contribution in [0.25, 0.3) is 0 Å². The highest BCUT2D eigenvalue weighted by molar-refractivity contribution is 5.83. The molecule has 2 heterocycles. The van der Waals surface area contributed by atoms with Crippen molar-refractivity contribution in [1.82, 2.24) is 9.47 Å². The zero-order chi connectivity index (χ0) is 15.2. The molecule has 0 saturated carbocycles. The second kappa shape index (κ2) is 7.06. The number of likely N-dealkylation sites (tertiary alicyclic amines) is 1. The molecule has 0 aliphatic carbocycles. The van der Waals surface area contributed by atoms with E-state index < -0.39 is 12.0 Å². The maximum atomic E-state index is 12.3. The van der Waals surface area contributed by atoms with Gasteiger partial charge in [0.05, 0.1) is 0 Å². The van der Waals surface area contributed by atoms with Crippen molar-refractivity contribution in [3.05, 3.63) is 34.7 Å². The maximum absolute atomic E-state index is 12.3. The van der Waals surface area contributed by atoms with Crippen LogP contribution in [0.5, 0.6) is 0 Å². The van der Waals surface area contributed by atoms with Crippen molar-refractivity contribution in [3.63, 3.8) is 0 Å². The van der Waals surface area contributed by atoms with Crippen LogP contribution in [0.15, 0.2) is 29.2 Å². The Labute approximate surface area is 123 Å². The van der Waals surface area contributed by atoms with E-state index in [1.54, 1.807) is 18.3 Å². The lowest BCUT2D eigenvalue weighted by Crippen LogP contribution is -2.45. The van der Waals surface area contributed by atoms with Crippen LogP contribution in [0.4, 0.5) is 0 Å². The fourth-order valence-electron chi connectivity index (χ4n) is 2.67. The Balaban J connectivity index is 2.02. The molecule has 0 radical (unpaired) electrons. The van der Waals surface area contributed by atoms with E-state index >= 15 is 0 Å². The van der Waals surface area contributed by atoms with Crippen molar-refractivity contribution in [2.24, 2.45) is 0 Å². The zero-order valence-electron chi connectivity index (χ0n) is 11.9. The first-order chi connectivity index (χ1) is 10.1. The summed E-state index contributed by atoms with van der Waals surface area (Å²) in [5.41, 5.74) is -0.157. The number of amides is 1. The van der Waals surface area contributed by atoms with Gasteiger partial charge in [-0.25, -0.2) is 4.79 Å². The van der Waals surface area contributed by atoms with E-state index in [0.29, 0.717) is 13.0 Å². The molecule has 0 spiro atoms. The van der Waals surface area contributed by atoms with Crippen molar-refractivity contribution >= 4 is 11.9 Å². The van der Waals surface area contributed by atoms with E-state index in [2.05, 4.69) is 0 Å². The Morgan fingerprint density at radius 1 is 1.24 bits per heavy atom. The molecule has 1 aromatic rings. The van der Waals surface area contributed by atoms with Crippen LogP contribution in [0.3, 0.4) is 0 Å². The Morgan fingerprint density at radius 2 is 2.05 bits per heavy atom. The van der Waals surface area contributed by atoms with Gasteiger partial charge in [0.15, 0.2) is 0 Å². The molecule has 114 valence electrons. The lowest BCUT2D eigenvalue weighted by atomic mass is 10.1. The predicted octanol–water partition coefficient (Wildman–Crippen LogP) is 1.09. The third-order valence-corrected chi connectivity index (χ3v) is 3.82. The van der Waals surface area contributed by atoms with Crippen LogP contribution in [-0.4, -0.2) is 39.0 Å². The second-order valence-corrected chi connectivity index (χ2v) is 5.27. The van der Waals surface area contributed by atoms with E-state index in [0.717, 1.165) is 19.3 Å². The molecule has 1 aromatic heterocycles. The maximum Gasteiger partial charge on any atom is 0.326 e. The van der Waals surface area contributed by atoms with Crippen LogP contribution < -0.4 is 5.56 Å². The fourth-order valence-corrected chi connectivity index (χ4v) is 2.67. The summed E-state index contributed by atoms with van der Waals surface area (Å²) in [6, 6.07) is 4.09. The van der Waals surface area contributed by atoms with E-state index in [1.165, 1.54) is 15.5 Å². The molecule has 6 nitrogen and oxygen atoms in total. The molecule has 0 aromatic carbocycles. The van der Waals surface area contributed by atoms with Gasteiger partial charge in [-0.1, -0.05) is 18.9 Å². The summed E-state index contributed by atoms with van der Waals surface area (Å²) in [6.07, 6.45) is 4.90. The van der Waals surface area contributed by atoms with E-state index in [4.69, 9.17) is 0 Å². The molecule has 1 amide bonds. The number of carboxylic acids is 1. The first-order valence-electron chi connectivity index (χ1n) is 7.27. The standard InChI is InChI=1S/C15H20N2O4/c18-13-7-3-5-9-16(13)11-8-14(19)17-10-4-1-2-6-12(17)15(20)21/h3,5,7,9,12H,1-2,4,6,8,10-11H2,(H,20,21). The molecule has 1 aliphatic heterocycles. The number of rotatable bonds is 4. The van der Waals surface area contributed by atoms with E-state index in [9.17, 15) is 19.5 Å². The van der Waals surface area contributed by atoms with Gasteiger partial charge < -0.3 is 14.6 Å². The van der Waals surface area contributed by atoms with Crippen molar-refractivity contribution in [1.29, 1.82) is 0 Å². The number of hydrogen-bond donors (Lipinski definition) is 1. The minimum atomic E-state index is -0.942. The van der Waals surface area contributed by atoms with Gasteiger partial charge in [-0.15, -0.1) is 0 Å². The van der Waals surface area contributed by atoms with Crippen LogP contribution in [0, 0.1) is 0 Å². The molecule has 0 bridgehead atoms. The topological polar surface area (TPSA) is 79.6 Å². The monoisotopic (exact) mass is 292 g/mol.